The number of pyridine rings is 2. The van der Waals surface area contributed by atoms with E-state index in [1.807, 2.05) is 48.1 Å². The van der Waals surface area contributed by atoms with E-state index in [9.17, 15) is 0 Å². The second-order valence-electron chi connectivity index (χ2n) is 5.51. The molecule has 2 aromatic heterocycles. The van der Waals surface area contributed by atoms with Crippen LogP contribution in [0.1, 0.15) is 12.1 Å². The van der Waals surface area contributed by atoms with Crippen molar-refractivity contribution in [2.24, 2.45) is 0 Å². The maximum absolute atomic E-state index is 4.60. The smallest absolute Gasteiger partial charge is 0.0764 e. The Bertz CT molecular complexity index is 554. The van der Waals surface area contributed by atoms with Gasteiger partial charge in [0, 0.05) is 35.4 Å². The highest BCUT2D eigenvalue weighted by molar-refractivity contribution is 8.17. The number of hydrogen-bond acceptors (Lipinski definition) is 5. The fourth-order valence-corrected chi connectivity index (χ4v) is 7.91. The minimum Gasteiger partial charge on any atom is -0.260 e. The van der Waals surface area contributed by atoms with Crippen molar-refractivity contribution in [1.82, 2.24) is 9.97 Å². The Morgan fingerprint density at radius 1 is 0.840 bits per heavy atom. The van der Waals surface area contributed by atoms with Gasteiger partial charge >= 0.3 is 0 Å². The lowest BCUT2D eigenvalue weighted by Crippen LogP contribution is -2.01. The zero-order valence-electron chi connectivity index (χ0n) is 14.8. The predicted molar refractivity (Wildman–Crippen MR) is 122 cm³/mol. The summed E-state index contributed by atoms with van der Waals surface area (Å²) in [6.07, 6.45) is 7.33. The third kappa shape index (κ3) is 9.27. The van der Waals surface area contributed by atoms with Gasteiger partial charge in [0.25, 0.3) is 0 Å². The highest BCUT2D eigenvalue weighted by Crippen LogP contribution is 2.35. The summed E-state index contributed by atoms with van der Waals surface area (Å²) in [4.78, 5) is 8.97. The molecule has 0 aromatic carbocycles. The van der Waals surface area contributed by atoms with E-state index in [2.05, 4.69) is 52.3 Å². The molecule has 138 valence electrons. The van der Waals surface area contributed by atoms with Crippen LogP contribution in [0.4, 0.5) is 0 Å². The highest BCUT2D eigenvalue weighted by Gasteiger charge is 2.07. The van der Waals surface area contributed by atoms with Crippen molar-refractivity contribution in [2.45, 2.75) is 17.2 Å². The van der Waals surface area contributed by atoms with Gasteiger partial charge in [0.2, 0.25) is 0 Å². The summed E-state index contributed by atoms with van der Waals surface area (Å²) in [6.45, 7) is 0. The number of hydrogen-bond donors (Lipinski definition) is 1. The molecule has 25 heavy (non-hydrogen) atoms. The van der Waals surface area contributed by atoms with Gasteiger partial charge in [-0.3, -0.25) is 9.97 Å². The molecule has 2 rings (SSSR count). The molecule has 0 bridgehead atoms. The third-order valence-electron chi connectivity index (χ3n) is 3.60. The lowest BCUT2D eigenvalue weighted by molar-refractivity contribution is 1.07. The molecular weight excluding hydrogens is 384 g/mol. The van der Waals surface area contributed by atoms with E-state index in [0.717, 1.165) is 5.75 Å². The summed E-state index contributed by atoms with van der Waals surface area (Å²) in [7, 11) is -0.0783. The fourth-order valence-electron chi connectivity index (χ4n) is 2.32. The van der Waals surface area contributed by atoms with Crippen LogP contribution >= 0.6 is 46.2 Å². The van der Waals surface area contributed by atoms with Gasteiger partial charge in [-0.25, -0.2) is 10.9 Å². The van der Waals surface area contributed by atoms with Gasteiger partial charge in [0.15, 0.2) is 0 Å². The topological polar surface area (TPSA) is 25.8 Å². The monoisotopic (exact) mass is 412 g/mol. The Morgan fingerprint density at radius 3 is 2.36 bits per heavy atom. The SMILES string of the molecule is CSCC[SH](CCCSCCSCc1ccccn1)c1ccccn1. The van der Waals surface area contributed by atoms with Gasteiger partial charge in [-0.2, -0.15) is 35.3 Å². The molecule has 6 heteroatoms. The van der Waals surface area contributed by atoms with Gasteiger partial charge in [-0.15, -0.1) is 0 Å². The first-order valence-electron chi connectivity index (χ1n) is 8.60. The van der Waals surface area contributed by atoms with E-state index in [4.69, 9.17) is 0 Å². The molecule has 1 atom stereocenters. The van der Waals surface area contributed by atoms with Crippen molar-refractivity contribution in [2.75, 3.05) is 40.8 Å². The molecule has 0 aliphatic carbocycles. The zero-order valence-corrected chi connectivity index (χ0v) is 18.2. The molecule has 2 aromatic rings. The summed E-state index contributed by atoms with van der Waals surface area (Å²) in [6, 6.07) is 12.5. The van der Waals surface area contributed by atoms with Gasteiger partial charge in [-0.05, 0) is 54.2 Å². The van der Waals surface area contributed by atoms with Crippen LogP contribution in [0, 0.1) is 0 Å². The maximum atomic E-state index is 4.60. The Balaban J connectivity index is 1.55. The first-order valence-corrected chi connectivity index (χ1v) is 14.0. The molecule has 2 heterocycles. The van der Waals surface area contributed by atoms with Gasteiger partial charge in [0.05, 0.1) is 10.7 Å². The van der Waals surface area contributed by atoms with Crippen LogP contribution in [0.5, 0.6) is 0 Å². The number of rotatable bonds is 13. The summed E-state index contributed by atoms with van der Waals surface area (Å²) in [5.41, 5.74) is 1.19. The van der Waals surface area contributed by atoms with Crippen molar-refractivity contribution in [3.63, 3.8) is 0 Å². The van der Waals surface area contributed by atoms with Gasteiger partial charge in [-0.1, -0.05) is 12.1 Å². The van der Waals surface area contributed by atoms with E-state index >= 15 is 0 Å². The first kappa shape index (κ1) is 21.0. The van der Waals surface area contributed by atoms with Crippen LogP contribution in [0.2, 0.25) is 0 Å². The Kier molecular flexibility index (Phi) is 11.6. The average Bonchev–Trinajstić information content (AvgIpc) is 2.67. The second kappa shape index (κ2) is 13.8. The van der Waals surface area contributed by atoms with E-state index in [-0.39, 0.29) is 10.9 Å². The maximum Gasteiger partial charge on any atom is 0.0764 e. The summed E-state index contributed by atoms with van der Waals surface area (Å²) in [5.74, 6) is 8.63. The zero-order chi connectivity index (χ0) is 17.6. The molecule has 0 aliphatic rings. The Hall–Kier alpha value is -0.300. The van der Waals surface area contributed by atoms with E-state index in [1.165, 1.54) is 51.7 Å². The summed E-state index contributed by atoms with van der Waals surface area (Å²) >= 11 is 6.03. The van der Waals surface area contributed by atoms with Crippen molar-refractivity contribution in [3.05, 3.63) is 54.5 Å². The molecule has 0 amide bonds. The molecule has 0 saturated carbocycles. The second-order valence-corrected chi connectivity index (χ2v) is 11.3. The van der Waals surface area contributed by atoms with Crippen LogP contribution in [0.25, 0.3) is 0 Å². The van der Waals surface area contributed by atoms with Crippen LogP contribution in [-0.2, 0) is 5.75 Å². The first-order chi connectivity index (χ1) is 12.4. The highest BCUT2D eigenvalue weighted by atomic mass is 32.2. The molecule has 1 unspecified atom stereocenters. The van der Waals surface area contributed by atoms with E-state index < -0.39 is 0 Å². The normalized spacial score (nSPS) is 12.9. The molecule has 0 N–H and O–H groups in total. The van der Waals surface area contributed by atoms with Crippen LogP contribution in [0.15, 0.2) is 53.8 Å². The van der Waals surface area contributed by atoms with E-state index in [1.54, 1.807) is 0 Å². The number of aromatic nitrogens is 2. The van der Waals surface area contributed by atoms with Gasteiger partial charge in [0.1, 0.15) is 0 Å². The molecular formula is C19H28N2S4. The number of thioether (sulfide) groups is 3. The molecule has 0 fully saturated rings. The van der Waals surface area contributed by atoms with Gasteiger partial charge < -0.3 is 0 Å². The average molecular weight is 413 g/mol. The van der Waals surface area contributed by atoms with Crippen molar-refractivity contribution < 1.29 is 0 Å². The quantitative estimate of drug-likeness (QED) is 0.358. The molecule has 0 aliphatic heterocycles. The number of nitrogens with zero attached hydrogens (tertiary/aromatic N) is 2. The summed E-state index contributed by atoms with van der Waals surface area (Å²) < 4.78 is 0. The van der Waals surface area contributed by atoms with Crippen LogP contribution in [0.3, 0.4) is 0 Å². The number of thiol groups is 1. The molecule has 0 saturated heterocycles. The Morgan fingerprint density at radius 2 is 1.64 bits per heavy atom. The minimum absolute atomic E-state index is 0.0783. The predicted octanol–water partition coefficient (Wildman–Crippen LogP) is 5.26. The lowest BCUT2D eigenvalue weighted by Gasteiger charge is -2.20. The van der Waals surface area contributed by atoms with E-state index in [0.29, 0.717) is 0 Å². The largest absolute Gasteiger partial charge is 0.260 e. The molecule has 0 radical (unpaired) electrons. The Labute approximate surface area is 168 Å². The fraction of sp³-hybridized carbons (Fsp3) is 0.474. The molecule has 0 spiro atoms. The molecule has 2 nitrogen and oxygen atoms in total. The van der Waals surface area contributed by atoms with Crippen molar-refractivity contribution in [1.29, 1.82) is 0 Å². The third-order valence-corrected chi connectivity index (χ3v) is 9.37. The van der Waals surface area contributed by atoms with Crippen molar-refractivity contribution >= 4 is 46.2 Å². The summed E-state index contributed by atoms with van der Waals surface area (Å²) in [5, 5.41) is 1.34. The minimum atomic E-state index is -0.0783. The lowest BCUT2D eigenvalue weighted by atomic mass is 10.4. The van der Waals surface area contributed by atoms with Crippen molar-refractivity contribution in [3.8, 4) is 0 Å². The standard InChI is InChI=1S/C19H28N2S4/c1-22-14-16-25(19-8-3-5-10-21-19)15-6-11-23-12-13-24-17-18-7-2-4-9-20-18/h2-5,7-10,25H,6,11-17H2,1H3. The van der Waals surface area contributed by atoms with Crippen LogP contribution < -0.4 is 0 Å². The van der Waals surface area contributed by atoms with Crippen LogP contribution in [-0.4, -0.2) is 50.7 Å².